The Hall–Kier alpha value is -0.950. The van der Waals surface area contributed by atoms with Gasteiger partial charge in [0.05, 0.1) is 10.8 Å². The van der Waals surface area contributed by atoms with E-state index in [1.54, 1.807) is 23.8 Å². The number of thiophene rings is 1. The second-order valence-electron chi connectivity index (χ2n) is 4.17. The van der Waals surface area contributed by atoms with E-state index < -0.39 is 10.0 Å². The van der Waals surface area contributed by atoms with Crippen molar-refractivity contribution in [2.45, 2.75) is 24.2 Å². The Balaban J connectivity index is 2.25. The van der Waals surface area contributed by atoms with Crippen molar-refractivity contribution in [2.24, 2.45) is 0 Å². The summed E-state index contributed by atoms with van der Waals surface area (Å²) in [7, 11) is -3.47. The molecule has 0 fully saturated rings. The molecule has 2 rings (SSSR count). The smallest absolute Gasteiger partial charge is 0.244 e. The number of rotatable bonds is 6. The number of pyridine rings is 1. The summed E-state index contributed by atoms with van der Waals surface area (Å²) in [4.78, 5) is 5.10. The molecular weight excluding hydrogens is 316 g/mol. The van der Waals surface area contributed by atoms with E-state index in [9.17, 15) is 8.42 Å². The van der Waals surface area contributed by atoms with E-state index >= 15 is 0 Å². The van der Waals surface area contributed by atoms with Crippen LogP contribution in [0.5, 0.6) is 0 Å². The highest BCUT2D eigenvalue weighted by atomic mass is 35.5. The third kappa shape index (κ3) is 3.38. The van der Waals surface area contributed by atoms with Crippen molar-refractivity contribution in [1.29, 1.82) is 0 Å². The van der Waals surface area contributed by atoms with Gasteiger partial charge >= 0.3 is 0 Å². The van der Waals surface area contributed by atoms with Gasteiger partial charge in [-0.2, -0.15) is 4.31 Å². The minimum absolute atomic E-state index is 0.314. The van der Waals surface area contributed by atoms with Crippen LogP contribution in [0.4, 0.5) is 0 Å². The number of sulfonamides is 1. The van der Waals surface area contributed by atoms with Crippen LogP contribution >= 0.6 is 22.9 Å². The van der Waals surface area contributed by atoms with Gasteiger partial charge in [-0.15, -0.1) is 22.9 Å². The third-order valence-electron chi connectivity index (χ3n) is 2.86. The summed E-state index contributed by atoms with van der Waals surface area (Å²) < 4.78 is 26.6. The lowest BCUT2D eigenvalue weighted by atomic mass is 10.3. The predicted octanol–water partition coefficient (Wildman–Crippen LogP) is 3.09. The van der Waals surface area contributed by atoms with Crippen molar-refractivity contribution < 1.29 is 8.42 Å². The van der Waals surface area contributed by atoms with Crippen molar-refractivity contribution >= 4 is 33.0 Å². The molecule has 108 valence electrons. The van der Waals surface area contributed by atoms with Gasteiger partial charge in [0.2, 0.25) is 10.0 Å². The van der Waals surface area contributed by atoms with Crippen LogP contribution in [0.3, 0.4) is 0 Å². The van der Waals surface area contributed by atoms with Gasteiger partial charge in [-0.25, -0.2) is 8.42 Å². The molecule has 0 saturated carbocycles. The van der Waals surface area contributed by atoms with Gasteiger partial charge < -0.3 is 0 Å². The van der Waals surface area contributed by atoms with Crippen molar-refractivity contribution in [3.8, 4) is 0 Å². The molecule has 0 aliphatic heterocycles. The molecule has 4 nitrogen and oxygen atoms in total. The molecule has 0 aliphatic rings. The highest BCUT2D eigenvalue weighted by Crippen LogP contribution is 2.24. The van der Waals surface area contributed by atoms with Crippen LogP contribution in [0.2, 0.25) is 0 Å². The first-order chi connectivity index (χ1) is 9.57. The Morgan fingerprint density at radius 1 is 1.35 bits per heavy atom. The summed E-state index contributed by atoms with van der Waals surface area (Å²) >= 11 is 7.09. The number of hydrogen-bond donors (Lipinski definition) is 0. The largest absolute Gasteiger partial charge is 0.265 e. The van der Waals surface area contributed by atoms with E-state index in [1.165, 1.54) is 15.6 Å². The number of alkyl halides is 1. The molecule has 2 aromatic rings. The standard InChI is InChI=1S/C13H15ClN2O2S2/c1-2-16(9-11-3-5-15-6-4-11)20(17,18)13-7-12(8-14)19-10-13/h3-7,10H,2,8-9H2,1H3. The maximum atomic E-state index is 12.6. The summed E-state index contributed by atoms with van der Waals surface area (Å²) in [6, 6.07) is 5.27. The molecule has 0 amide bonds. The van der Waals surface area contributed by atoms with Crippen LogP contribution in [0.15, 0.2) is 40.9 Å². The van der Waals surface area contributed by atoms with Crippen molar-refractivity contribution in [3.63, 3.8) is 0 Å². The van der Waals surface area contributed by atoms with Gasteiger partial charge in [-0.1, -0.05) is 6.92 Å². The topological polar surface area (TPSA) is 50.3 Å². The lowest BCUT2D eigenvalue weighted by molar-refractivity contribution is 0.423. The lowest BCUT2D eigenvalue weighted by Gasteiger charge is -2.19. The van der Waals surface area contributed by atoms with E-state index in [1.807, 2.05) is 19.1 Å². The van der Waals surface area contributed by atoms with E-state index in [4.69, 9.17) is 11.6 Å². The summed E-state index contributed by atoms with van der Waals surface area (Å²) in [5.74, 6) is 0.330. The second kappa shape index (κ2) is 6.67. The van der Waals surface area contributed by atoms with Crippen LogP contribution in [0, 0.1) is 0 Å². The first-order valence-electron chi connectivity index (χ1n) is 6.10. The van der Waals surface area contributed by atoms with Gasteiger partial charge in [0.1, 0.15) is 0 Å². The molecular formula is C13H15ClN2O2S2. The minimum Gasteiger partial charge on any atom is -0.265 e. The molecule has 0 saturated heterocycles. The minimum atomic E-state index is -3.47. The van der Waals surface area contributed by atoms with E-state index in [0.717, 1.165) is 10.4 Å². The molecule has 0 radical (unpaired) electrons. The van der Waals surface area contributed by atoms with Gasteiger partial charge in [0.25, 0.3) is 0 Å². The molecule has 0 aliphatic carbocycles. The fourth-order valence-electron chi connectivity index (χ4n) is 1.77. The molecule has 0 spiro atoms. The van der Waals surface area contributed by atoms with E-state index in [2.05, 4.69) is 4.98 Å². The Kier molecular flexibility index (Phi) is 5.15. The summed E-state index contributed by atoms with van der Waals surface area (Å²) in [6.07, 6.45) is 3.32. The molecule has 0 N–H and O–H groups in total. The molecule has 2 aromatic heterocycles. The normalized spacial score (nSPS) is 11.9. The molecule has 20 heavy (non-hydrogen) atoms. The highest BCUT2D eigenvalue weighted by molar-refractivity contribution is 7.89. The zero-order chi connectivity index (χ0) is 14.6. The molecule has 7 heteroatoms. The summed E-state index contributed by atoms with van der Waals surface area (Å²) in [5.41, 5.74) is 0.915. The van der Waals surface area contributed by atoms with E-state index in [0.29, 0.717) is 23.9 Å². The Labute approximate surface area is 128 Å². The SMILES string of the molecule is CCN(Cc1ccncc1)S(=O)(=O)c1csc(CCl)c1. The average Bonchev–Trinajstić information content (AvgIpc) is 2.95. The number of hydrogen-bond acceptors (Lipinski definition) is 4. The van der Waals surface area contributed by atoms with Crippen LogP contribution in [0.1, 0.15) is 17.4 Å². The summed E-state index contributed by atoms with van der Waals surface area (Å²) in [6.45, 7) is 2.58. The lowest BCUT2D eigenvalue weighted by Crippen LogP contribution is -2.30. The van der Waals surface area contributed by atoms with Crippen molar-refractivity contribution in [3.05, 3.63) is 46.4 Å². The molecule has 0 unspecified atom stereocenters. The molecule has 0 atom stereocenters. The Bertz CT molecular complexity index is 656. The zero-order valence-corrected chi connectivity index (χ0v) is 13.4. The maximum absolute atomic E-state index is 12.6. The molecule has 0 aromatic carbocycles. The average molecular weight is 331 g/mol. The Morgan fingerprint density at radius 2 is 2.05 bits per heavy atom. The molecule has 2 heterocycles. The Morgan fingerprint density at radius 3 is 2.60 bits per heavy atom. The fraction of sp³-hybridized carbons (Fsp3) is 0.308. The fourth-order valence-corrected chi connectivity index (χ4v) is 4.59. The second-order valence-corrected chi connectivity index (χ2v) is 7.37. The monoisotopic (exact) mass is 330 g/mol. The summed E-state index contributed by atoms with van der Waals surface area (Å²) in [5, 5.41) is 1.64. The van der Waals surface area contributed by atoms with Crippen molar-refractivity contribution in [2.75, 3.05) is 6.54 Å². The number of aromatic nitrogens is 1. The maximum Gasteiger partial charge on any atom is 0.244 e. The molecule has 0 bridgehead atoms. The van der Waals surface area contributed by atoms with E-state index in [-0.39, 0.29) is 0 Å². The van der Waals surface area contributed by atoms with Crippen LogP contribution in [-0.2, 0) is 22.4 Å². The first kappa shape index (κ1) is 15.4. The van der Waals surface area contributed by atoms with Gasteiger partial charge in [0, 0.05) is 35.7 Å². The van der Waals surface area contributed by atoms with Crippen LogP contribution in [-0.4, -0.2) is 24.3 Å². The third-order valence-corrected chi connectivity index (χ3v) is 6.29. The van der Waals surface area contributed by atoms with Gasteiger partial charge in [-0.3, -0.25) is 4.98 Å². The first-order valence-corrected chi connectivity index (χ1v) is 8.95. The van der Waals surface area contributed by atoms with Gasteiger partial charge in [0.15, 0.2) is 0 Å². The highest BCUT2D eigenvalue weighted by Gasteiger charge is 2.24. The zero-order valence-electron chi connectivity index (χ0n) is 11.0. The predicted molar refractivity (Wildman–Crippen MR) is 81.4 cm³/mol. The quantitative estimate of drug-likeness (QED) is 0.765. The van der Waals surface area contributed by atoms with Crippen LogP contribution < -0.4 is 0 Å². The van der Waals surface area contributed by atoms with Crippen LogP contribution in [0.25, 0.3) is 0 Å². The number of halogens is 1. The number of nitrogens with zero attached hydrogens (tertiary/aromatic N) is 2. The van der Waals surface area contributed by atoms with Gasteiger partial charge in [-0.05, 0) is 23.8 Å². The van der Waals surface area contributed by atoms with Crippen molar-refractivity contribution in [1.82, 2.24) is 9.29 Å².